The van der Waals surface area contributed by atoms with E-state index in [1.807, 2.05) is 11.3 Å². The number of aromatic nitrogens is 2. The minimum absolute atomic E-state index is 0.550. The monoisotopic (exact) mass is 758 g/mol. The SMILES string of the molecule is CC1C=CC=C(c2cccc(-n3c4ccccc4c4cc(-c5ccc6c(c5)c5cc7sc8ccccc8c7cc5n6-c5ccc(-c6ccccc6)cc5)ccc43)c2)C1. The van der Waals surface area contributed by atoms with Crippen LogP contribution in [0, 0.1) is 5.92 Å². The van der Waals surface area contributed by atoms with Gasteiger partial charge in [-0.2, -0.15) is 0 Å². The summed E-state index contributed by atoms with van der Waals surface area (Å²) in [5.74, 6) is 0.550. The zero-order valence-electron chi connectivity index (χ0n) is 32.1. The van der Waals surface area contributed by atoms with Crippen LogP contribution in [0.5, 0.6) is 0 Å². The van der Waals surface area contributed by atoms with Crippen molar-refractivity contribution in [2.75, 3.05) is 0 Å². The molecule has 11 aromatic rings. The second-order valence-corrected chi connectivity index (χ2v) is 16.9. The van der Waals surface area contributed by atoms with Crippen molar-refractivity contribution in [2.45, 2.75) is 13.3 Å². The lowest BCUT2D eigenvalue weighted by Crippen LogP contribution is -1.99. The van der Waals surface area contributed by atoms with Crippen molar-refractivity contribution in [1.29, 1.82) is 0 Å². The van der Waals surface area contributed by atoms with Crippen LogP contribution < -0.4 is 0 Å². The minimum atomic E-state index is 0.550. The zero-order valence-corrected chi connectivity index (χ0v) is 32.9. The Morgan fingerprint density at radius 2 is 1.03 bits per heavy atom. The van der Waals surface area contributed by atoms with Gasteiger partial charge < -0.3 is 9.13 Å². The second-order valence-electron chi connectivity index (χ2n) is 15.8. The third-order valence-electron chi connectivity index (χ3n) is 12.3. The lowest BCUT2D eigenvalue weighted by molar-refractivity contribution is 0.749. The number of rotatable bonds is 5. The summed E-state index contributed by atoms with van der Waals surface area (Å²) in [6, 6.07) is 65.4. The van der Waals surface area contributed by atoms with Crippen molar-refractivity contribution in [3.8, 4) is 33.6 Å². The Morgan fingerprint density at radius 1 is 0.414 bits per heavy atom. The number of benzene rings is 8. The summed E-state index contributed by atoms with van der Waals surface area (Å²) in [4.78, 5) is 0. The van der Waals surface area contributed by atoms with E-state index in [1.165, 1.54) is 103 Å². The summed E-state index contributed by atoms with van der Waals surface area (Å²) in [7, 11) is 0. The van der Waals surface area contributed by atoms with Crippen molar-refractivity contribution >= 4 is 80.7 Å². The fourth-order valence-corrected chi connectivity index (χ4v) is 10.6. The van der Waals surface area contributed by atoms with E-state index in [-0.39, 0.29) is 0 Å². The molecule has 0 aliphatic heterocycles. The van der Waals surface area contributed by atoms with E-state index in [2.05, 4.69) is 210 Å². The first-order chi connectivity index (χ1) is 28.6. The number of thiophene rings is 1. The molecular weight excluding hydrogens is 721 g/mol. The van der Waals surface area contributed by atoms with Crippen LogP contribution in [0.2, 0.25) is 0 Å². The third-order valence-corrected chi connectivity index (χ3v) is 13.4. The Kier molecular flexibility index (Phi) is 7.48. The van der Waals surface area contributed by atoms with Gasteiger partial charge in [-0.15, -0.1) is 11.3 Å². The molecular formula is C55H38N2S. The van der Waals surface area contributed by atoms with E-state index >= 15 is 0 Å². The summed E-state index contributed by atoms with van der Waals surface area (Å²) >= 11 is 1.88. The van der Waals surface area contributed by atoms with Crippen molar-refractivity contribution in [3.63, 3.8) is 0 Å². The molecule has 3 aromatic heterocycles. The van der Waals surface area contributed by atoms with E-state index < -0.39 is 0 Å². The molecule has 0 amide bonds. The molecule has 1 aliphatic rings. The lowest BCUT2D eigenvalue weighted by atomic mass is 9.91. The summed E-state index contributed by atoms with van der Waals surface area (Å²) < 4.78 is 7.55. The third kappa shape index (κ3) is 5.24. The molecule has 1 unspecified atom stereocenters. The van der Waals surface area contributed by atoms with Gasteiger partial charge in [-0.25, -0.2) is 0 Å². The van der Waals surface area contributed by atoms with Gasteiger partial charge >= 0.3 is 0 Å². The molecule has 8 aromatic carbocycles. The lowest BCUT2D eigenvalue weighted by Gasteiger charge is -2.16. The first-order valence-corrected chi connectivity index (χ1v) is 21.0. The van der Waals surface area contributed by atoms with Crippen LogP contribution in [0.15, 0.2) is 194 Å². The van der Waals surface area contributed by atoms with Crippen molar-refractivity contribution < 1.29 is 0 Å². The Morgan fingerprint density at radius 3 is 1.83 bits per heavy atom. The molecule has 0 fully saturated rings. The number of nitrogens with zero attached hydrogens (tertiary/aromatic N) is 2. The van der Waals surface area contributed by atoms with Gasteiger partial charge in [0.2, 0.25) is 0 Å². The maximum atomic E-state index is 2.46. The zero-order chi connectivity index (χ0) is 38.3. The number of hydrogen-bond acceptors (Lipinski definition) is 1. The molecule has 0 saturated heterocycles. The summed E-state index contributed by atoms with van der Waals surface area (Å²) in [5.41, 5.74) is 14.8. The second kappa shape index (κ2) is 13.1. The van der Waals surface area contributed by atoms with Gasteiger partial charge in [-0.3, -0.25) is 0 Å². The van der Waals surface area contributed by atoms with E-state index in [9.17, 15) is 0 Å². The summed E-state index contributed by atoms with van der Waals surface area (Å²) in [6.07, 6.45) is 7.84. The Balaban J connectivity index is 1.03. The van der Waals surface area contributed by atoms with Crippen molar-refractivity contribution in [2.24, 2.45) is 5.92 Å². The normalized spacial score (nSPS) is 14.4. The molecule has 0 radical (unpaired) electrons. The first-order valence-electron chi connectivity index (χ1n) is 20.2. The van der Waals surface area contributed by atoms with Gasteiger partial charge in [0.05, 0.1) is 22.1 Å². The molecule has 0 bridgehead atoms. The van der Waals surface area contributed by atoms with Crippen LogP contribution in [0.25, 0.3) is 103 Å². The number of hydrogen-bond donors (Lipinski definition) is 0. The van der Waals surface area contributed by atoms with Crippen LogP contribution in [-0.4, -0.2) is 9.13 Å². The van der Waals surface area contributed by atoms with E-state index in [0.29, 0.717) is 5.92 Å². The summed E-state index contributed by atoms with van der Waals surface area (Å²) in [6.45, 7) is 2.29. The maximum absolute atomic E-state index is 2.46. The van der Waals surface area contributed by atoms with Crippen LogP contribution in [0.4, 0.5) is 0 Å². The highest BCUT2D eigenvalue weighted by Crippen LogP contribution is 2.43. The average molecular weight is 759 g/mol. The van der Waals surface area contributed by atoms with E-state index in [4.69, 9.17) is 0 Å². The average Bonchev–Trinajstić information content (AvgIpc) is 3.92. The molecule has 2 nitrogen and oxygen atoms in total. The molecule has 1 aliphatic carbocycles. The minimum Gasteiger partial charge on any atom is -0.309 e. The molecule has 0 N–H and O–H groups in total. The smallest absolute Gasteiger partial charge is 0.0548 e. The van der Waals surface area contributed by atoms with E-state index in [1.54, 1.807) is 0 Å². The number of para-hydroxylation sites is 1. The van der Waals surface area contributed by atoms with E-state index in [0.717, 1.165) is 12.1 Å². The topological polar surface area (TPSA) is 9.86 Å². The largest absolute Gasteiger partial charge is 0.309 e. The van der Waals surface area contributed by atoms with Crippen LogP contribution in [-0.2, 0) is 0 Å². The van der Waals surface area contributed by atoms with Gasteiger partial charge in [0.15, 0.2) is 0 Å². The Bertz CT molecular complexity index is 3480. The standard InChI is InChI=1S/C55H38N2S/c1-35-11-9-14-38(29-35)39-15-10-16-43(30-39)57-50-19-7-5-17-44(50)46-31-40(23-27-51(46)57)41-24-28-52-47(32-41)48-34-55-49(45-18-6-8-20-54(45)58-55)33-53(48)56(52)42-25-21-37(22-26-42)36-12-3-2-4-13-36/h2-28,30-35H,29H2,1H3. The Hall–Kier alpha value is -6.94. The molecule has 58 heavy (non-hydrogen) atoms. The predicted molar refractivity (Wildman–Crippen MR) is 250 cm³/mol. The van der Waals surface area contributed by atoms with Crippen LogP contribution in [0.3, 0.4) is 0 Å². The van der Waals surface area contributed by atoms with Gasteiger partial charge in [0, 0.05) is 53.1 Å². The fourth-order valence-electron chi connectivity index (χ4n) is 9.46. The maximum Gasteiger partial charge on any atom is 0.0548 e. The van der Waals surface area contributed by atoms with Crippen molar-refractivity contribution in [1.82, 2.24) is 9.13 Å². The van der Waals surface area contributed by atoms with Gasteiger partial charge in [-0.1, -0.05) is 128 Å². The highest BCUT2D eigenvalue weighted by Gasteiger charge is 2.19. The van der Waals surface area contributed by atoms with Gasteiger partial charge in [0.1, 0.15) is 0 Å². The highest BCUT2D eigenvalue weighted by molar-refractivity contribution is 7.25. The fraction of sp³-hybridized carbons (Fsp3) is 0.0545. The molecule has 3 heteroatoms. The number of allylic oxidation sites excluding steroid dienone is 4. The molecule has 1 atom stereocenters. The first kappa shape index (κ1) is 33.2. The quantitative estimate of drug-likeness (QED) is 0.165. The highest BCUT2D eigenvalue weighted by atomic mass is 32.1. The Labute approximate surface area is 340 Å². The molecule has 3 heterocycles. The number of fused-ring (bicyclic) bond motifs is 9. The van der Waals surface area contributed by atoms with Crippen LogP contribution >= 0.6 is 11.3 Å². The van der Waals surface area contributed by atoms with Gasteiger partial charge in [0.25, 0.3) is 0 Å². The predicted octanol–water partition coefficient (Wildman–Crippen LogP) is 15.6. The molecule has 0 spiro atoms. The molecule has 0 saturated carbocycles. The van der Waals surface area contributed by atoms with Crippen LogP contribution in [0.1, 0.15) is 18.9 Å². The van der Waals surface area contributed by atoms with Gasteiger partial charge in [-0.05, 0) is 119 Å². The molecule has 274 valence electrons. The summed E-state index contributed by atoms with van der Waals surface area (Å²) in [5, 5.41) is 7.70. The van der Waals surface area contributed by atoms with Crippen molar-refractivity contribution in [3.05, 3.63) is 200 Å². The molecule has 12 rings (SSSR count).